The molecule has 0 amide bonds. The molecule has 0 saturated carbocycles. The molecule has 112 valence electrons. The van der Waals surface area contributed by atoms with Crippen molar-refractivity contribution in [3.8, 4) is 0 Å². The highest BCUT2D eigenvalue weighted by Crippen LogP contribution is 2.50. The summed E-state index contributed by atoms with van der Waals surface area (Å²) in [6, 6.07) is 5.58. The summed E-state index contributed by atoms with van der Waals surface area (Å²) in [6.45, 7) is 0. The number of fused-ring (bicyclic) bond motifs is 3. The SMILES string of the molecule is Clc1[c]c2c(Cl)c(Cl)c3c(Cl)c(Cl)[c]c(Cl)c3c2c(Cl)c1Cl. The zero-order chi connectivity index (χ0) is 16.3. The zero-order valence-corrected chi connectivity index (χ0v) is 16.1. The van der Waals surface area contributed by atoms with E-state index in [1.54, 1.807) is 0 Å². The summed E-state index contributed by atoms with van der Waals surface area (Å²) in [6.07, 6.45) is 0. The predicted octanol–water partition coefficient (Wildman–Crippen LogP) is 8.82. The van der Waals surface area contributed by atoms with Crippen molar-refractivity contribution < 1.29 is 0 Å². The van der Waals surface area contributed by atoms with Crippen LogP contribution in [0.2, 0.25) is 40.2 Å². The maximum atomic E-state index is 6.31. The first kappa shape index (κ1) is 17.3. The van der Waals surface area contributed by atoms with Crippen LogP contribution < -0.4 is 0 Å². The molecule has 0 N–H and O–H groups in total. The monoisotopic (exact) mass is 448 g/mol. The van der Waals surface area contributed by atoms with Gasteiger partial charge in [-0.05, 0) is 0 Å². The van der Waals surface area contributed by atoms with E-state index in [1.165, 1.54) is 0 Å². The van der Waals surface area contributed by atoms with E-state index in [0.29, 0.717) is 21.5 Å². The number of rotatable bonds is 0. The van der Waals surface area contributed by atoms with E-state index in [0.717, 1.165) is 0 Å². The van der Waals surface area contributed by atoms with Crippen molar-refractivity contribution in [2.75, 3.05) is 0 Å². The van der Waals surface area contributed by atoms with E-state index in [9.17, 15) is 0 Å². The summed E-state index contributed by atoms with van der Waals surface area (Å²) >= 11 is 49.5. The van der Waals surface area contributed by atoms with Crippen LogP contribution in [-0.2, 0) is 0 Å². The summed E-state index contributed by atoms with van der Waals surface area (Å²) in [5.74, 6) is 0. The van der Waals surface area contributed by atoms with Gasteiger partial charge in [-0.15, -0.1) is 0 Å². The molecule has 0 aliphatic rings. The minimum absolute atomic E-state index is 0.122. The van der Waals surface area contributed by atoms with E-state index >= 15 is 0 Å². The van der Waals surface area contributed by atoms with Gasteiger partial charge in [0.1, 0.15) is 0 Å². The molecular formula is C14Cl8. The lowest BCUT2D eigenvalue weighted by Crippen LogP contribution is -1.89. The van der Waals surface area contributed by atoms with Crippen molar-refractivity contribution in [3.05, 3.63) is 52.3 Å². The van der Waals surface area contributed by atoms with E-state index in [2.05, 4.69) is 12.1 Å². The first-order valence-corrected chi connectivity index (χ1v) is 8.54. The summed E-state index contributed by atoms with van der Waals surface area (Å²) in [7, 11) is 0. The third kappa shape index (κ3) is 2.44. The smallest absolute Gasteiger partial charge is 0.0791 e. The Balaban J connectivity index is 2.79. The van der Waals surface area contributed by atoms with Crippen molar-refractivity contribution in [3.63, 3.8) is 0 Å². The Morgan fingerprint density at radius 2 is 0.955 bits per heavy atom. The summed E-state index contributed by atoms with van der Waals surface area (Å²) < 4.78 is 0. The van der Waals surface area contributed by atoms with Gasteiger partial charge in [0.2, 0.25) is 0 Å². The molecule has 0 spiro atoms. The van der Waals surface area contributed by atoms with Crippen LogP contribution in [0.1, 0.15) is 0 Å². The fourth-order valence-corrected chi connectivity index (χ4v) is 4.13. The molecule has 0 saturated heterocycles. The lowest BCUT2D eigenvalue weighted by atomic mass is 10.0. The Morgan fingerprint density at radius 1 is 0.409 bits per heavy atom. The van der Waals surface area contributed by atoms with Crippen molar-refractivity contribution in [1.82, 2.24) is 0 Å². The minimum atomic E-state index is 0.122. The molecule has 0 atom stereocenters. The normalized spacial score (nSPS) is 11.6. The van der Waals surface area contributed by atoms with Gasteiger partial charge in [0.05, 0.1) is 40.2 Å². The van der Waals surface area contributed by atoms with E-state index < -0.39 is 0 Å². The standard InChI is InChI=1S/C14Cl8/c15-4-2-6(17)11(19)9-8(4)7-3(10(18)14(9)22)1-5(16)12(20)13(7)21. The molecule has 3 aromatic rings. The van der Waals surface area contributed by atoms with Crippen LogP contribution in [0.25, 0.3) is 21.5 Å². The largest absolute Gasteiger partial charge is 0.0829 e. The second-order valence-electron chi connectivity index (χ2n) is 4.26. The quantitative estimate of drug-likeness (QED) is 0.182. The van der Waals surface area contributed by atoms with Crippen LogP contribution in [0, 0.1) is 12.1 Å². The number of benzene rings is 3. The third-order valence-electron chi connectivity index (χ3n) is 3.07. The molecule has 0 fully saturated rings. The van der Waals surface area contributed by atoms with Gasteiger partial charge in [-0.2, -0.15) is 0 Å². The number of hydrogen-bond acceptors (Lipinski definition) is 0. The first-order valence-electron chi connectivity index (χ1n) is 5.51. The first-order chi connectivity index (χ1) is 10.3. The van der Waals surface area contributed by atoms with Gasteiger partial charge in [-0.3, -0.25) is 0 Å². The molecular weight excluding hydrogens is 452 g/mol. The summed E-state index contributed by atoms with van der Waals surface area (Å²) in [5, 5.41) is 2.82. The van der Waals surface area contributed by atoms with Crippen LogP contribution >= 0.6 is 92.8 Å². The lowest BCUT2D eigenvalue weighted by molar-refractivity contribution is 1.73. The van der Waals surface area contributed by atoms with Crippen LogP contribution in [0.5, 0.6) is 0 Å². The van der Waals surface area contributed by atoms with E-state index in [-0.39, 0.29) is 40.2 Å². The molecule has 0 heterocycles. The molecule has 8 heteroatoms. The highest BCUT2D eigenvalue weighted by molar-refractivity contribution is 6.58. The molecule has 0 nitrogen and oxygen atoms in total. The van der Waals surface area contributed by atoms with E-state index in [1.807, 2.05) is 0 Å². The summed E-state index contributed by atoms with van der Waals surface area (Å²) in [4.78, 5) is 0. The van der Waals surface area contributed by atoms with E-state index in [4.69, 9.17) is 92.8 Å². The number of halogens is 8. The maximum Gasteiger partial charge on any atom is 0.0791 e. The van der Waals surface area contributed by atoms with Gasteiger partial charge >= 0.3 is 0 Å². The fraction of sp³-hybridized carbons (Fsp3) is 0. The Morgan fingerprint density at radius 3 is 1.59 bits per heavy atom. The van der Waals surface area contributed by atoms with Crippen molar-refractivity contribution in [2.45, 2.75) is 0 Å². The van der Waals surface area contributed by atoms with Crippen molar-refractivity contribution in [2.24, 2.45) is 0 Å². The van der Waals surface area contributed by atoms with Gasteiger partial charge in [0.15, 0.2) is 0 Å². The molecule has 0 bridgehead atoms. The van der Waals surface area contributed by atoms with Gasteiger partial charge in [-0.25, -0.2) is 0 Å². The van der Waals surface area contributed by atoms with Gasteiger partial charge < -0.3 is 0 Å². The molecule has 3 aromatic carbocycles. The van der Waals surface area contributed by atoms with Crippen LogP contribution in [0.3, 0.4) is 0 Å². The maximum absolute atomic E-state index is 6.31. The summed E-state index contributed by atoms with van der Waals surface area (Å²) in [5.41, 5.74) is 0. The Hall–Kier alpha value is 0.500. The second kappa shape index (κ2) is 6.10. The molecule has 0 unspecified atom stereocenters. The molecule has 0 aromatic heterocycles. The zero-order valence-electron chi connectivity index (χ0n) is 10.0. The molecule has 3 rings (SSSR count). The highest BCUT2D eigenvalue weighted by Gasteiger charge is 2.22. The number of hydrogen-bond donors (Lipinski definition) is 0. The van der Waals surface area contributed by atoms with Crippen LogP contribution in [-0.4, -0.2) is 0 Å². The average Bonchev–Trinajstić information content (AvgIpc) is 2.46. The van der Waals surface area contributed by atoms with Crippen LogP contribution in [0.15, 0.2) is 0 Å². The Kier molecular flexibility index (Phi) is 4.80. The van der Waals surface area contributed by atoms with Crippen molar-refractivity contribution in [1.29, 1.82) is 0 Å². The second-order valence-corrected chi connectivity index (χ2v) is 7.29. The average molecular weight is 452 g/mol. The molecule has 2 radical (unpaired) electrons. The van der Waals surface area contributed by atoms with Gasteiger partial charge in [0, 0.05) is 33.7 Å². The topological polar surface area (TPSA) is 0 Å². The highest BCUT2D eigenvalue weighted by atomic mass is 35.5. The van der Waals surface area contributed by atoms with Crippen LogP contribution in [0.4, 0.5) is 0 Å². The van der Waals surface area contributed by atoms with Crippen molar-refractivity contribution >= 4 is 114 Å². The fourth-order valence-electron chi connectivity index (χ4n) is 2.15. The molecule has 0 aliphatic carbocycles. The third-order valence-corrected chi connectivity index (χ3v) is 6.20. The Labute approximate surface area is 165 Å². The van der Waals surface area contributed by atoms with Gasteiger partial charge in [0.25, 0.3) is 0 Å². The predicted molar refractivity (Wildman–Crippen MR) is 99.2 cm³/mol. The minimum Gasteiger partial charge on any atom is -0.0829 e. The van der Waals surface area contributed by atoms with Gasteiger partial charge in [-0.1, -0.05) is 92.8 Å². The molecule has 0 aliphatic heterocycles. The molecule has 22 heavy (non-hydrogen) atoms. The Bertz CT molecular complexity index is 961. The lowest BCUT2D eigenvalue weighted by Gasteiger charge is -2.15.